The van der Waals surface area contributed by atoms with E-state index in [0.717, 1.165) is 64.2 Å². The molecule has 2 saturated carbocycles. The van der Waals surface area contributed by atoms with Crippen LogP contribution in [0.5, 0.6) is 5.88 Å². The Bertz CT molecular complexity index is 1430. The zero-order valence-electron chi connectivity index (χ0n) is 22.5. The second-order valence-electron chi connectivity index (χ2n) is 10.5. The second kappa shape index (κ2) is 12.1. The standard InChI is InChI=1S/C31H34N4O4/c1-20-24(28(36)34(30(38)26(20)19-32)22-13-7-4-8-14-22)17-11-6-12-18-25-21(2)27(33-3)31(39)35(29(25)37)23-15-9-5-10-16-23/h6,11-12,17-18,22-23,39H,4-5,7-10,13-16H2,1-2H3/p-1/b11-6?,18-12?,24-17-. The van der Waals surface area contributed by atoms with E-state index in [2.05, 4.69) is 4.85 Å². The molecule has 0 N–H and O–H groups in total. The molecule has 8 heteroatoms. The molecule has 1 aliphatic heterocycles. The average molecular weight is 526 g/mol. The van der Waals surface area contributed by atoms with Gasteiger partial charge in [-0.3, -0.25) is 19.3 Å². The number of nitrogens with zero attached hydrogens (tertiary/aromatic N) is 4. The molecule has 2 amide bonds. The van der Waals surface area contributed by atoms with Crippen molar-refractivity contribution in [2.45, 2.75) is 90.1 Å². The lowest BCUT2D eigenvalue weighted by Gasteiger charge is -2.36. The Hall–Kier alpha value is -4.17. The predicted molar refractivity (Wildman–Crippen MR) is 147 cm³/mol. The number of hydrogen-bond donors (Lipinski definition) is 0. The van der Waals surface area contributed by atoms with Gasteiger partial charge in [-0.15, -0.1) is 0 Å². The lowest BCUT2D eigenvalue weighted by Crippen LogP contribution is -2.49. The van der Waals surface area contributed by atoms with Crippen molar-refractivity contribution in [3.05, 3.63) is 73.9 Å². The third-order valence-corrected chi connectivity index (χ3v) is 8.14. The zero-order valence-corrected chi connectivity index (χ0v) is 22.5. The van der Waals surface area contributed by atoms with Crippen molar-refractivity contribution in [3.8, 4) is 11.9 Å². The molecule has 4 rings (SSSR count). The fourth-order valence-corrected chi connectivity index (χ4v) is 5.95. The summed E-state index contributed by atoms with van der Waals surface area (Å²) >= 11 is 0. The first-order chi connectivity index (χ1) is 18.8. The Labute approximate surface area is 229 Å². The number of amides is 2. The Morgan fingerprint density at radius 1 is 0.923 bits per heavy atom. The van der Waals surface area contributed by atoms with Crippen LogP contribution in [-0.2, 0) is 9.59 Å². The summed E-state index contributed by atoms with van der Waals surface area (Å²) in [5.41, 5.74) is 0.872. The Morgan fingerprint density at radius 2 is 1.54 bits per heavy atom. The van der Waals surface area contributed by atoms with Crippen LogP contribution < -0.4 is 10.7 Å². The second-order valence-corrected chi connectivity index (χ2v) is 10.5. The van der Waals surface area contributed by atoms with Gasteiger partial charge < -0.3 is 9.67 Å². The van der Waals surface area contributed by atoms with Crippen LogP contribution in [0.1, 0.15) is 88.3 Å². The first kappa shape index (κ1) is 27.9. The summed E-state index contributed by atoms with van der Waals surface area (Å²) in [5.74, 6) is -1.42. The van der Waals surface area contributed by atoms with E-state index in [9.17, 15) is 24.8 Å². The Balaban J connectivity index is 1.64. The van der Waals surface area contributed by atoms with Gasteiger partial charge in [-0.1, -0.05) is 62.8 Å². The molecular weight excluding hydrogens is 492 g/mol. The monoisotopic (exact) mass is 525 g/mol. The van der Waals surface area contributed by atoms with Gasteiger partial charge in [0.25, 0.3) is 17.4 Å². The molecule has 1 aromatic heterocycles. The van der Waals surface area contributed by atoms with Crippen LogP contribution >= 0.6 is 0 Å². The molecule has 3 aliphatic rings. The minimum Gasteiger partial charge on any atom is -0.869 e. The molecule has 39 heavy (non-hydrogen) atoms. The molecule has 1 aromatic rings. The number of pyridine rings is 1. The summed E-state index contributed by atoms with van der Waals surface area (Å²) in [5, 5.41) is 22.6. The first-order valence-corrected chi connectivity index (χ1v) is 13.7. The zero-order chi connectivity index (χ0) is 28.1. The van der Waals surface area contributed by atoms with Gasteiger partial charge in [-0.25, -0.2) is 4.85 Å². The molecule has 0 unspecified atom stereocenters. The third kappa shape index (κ3) is 5.38. The van der Waals surface area contributed by atoms with Crippen LogP contribution in [0, 0.1) is 24.8 Å². The van der Waals surface area contributed by atoms with Gasteiger partial charge in [0.2, 0.25) is 0 Å². The third-order valence-electron chi connectivity index (χ3n) is 8.14. The number of nitriles is 1. The maximum atomic E-state index is 13.3. The highest BCUT2D eigenvalue weighted by Crippen LogP contribution is 2.36. The average Bonchev–Trinajstić information content (AvgIpc) is 2.93. The maximum Gasteiger partial charge on any atom is 0.271 e. The topological polar surface area (TPSA) is 111 Å². The van der Waals surface area contributed by atoms with Crippen LogP contribution in [0.15, 0.2) is 45.8 Å². The number of allylic oxidation sites excluding steroid dienone is 4. The van der Waals surface area contributed by atoms with Gasteiger partial charge in [0.05, 0.1) is 6.57 Å². The van der Waals surface area contributed by atoms with E-state index in [0.29, 0.717) is 22.3 Å². The molecule has 0 spiro atoms. The van der Waals surface area contributed by atoms with Crippen LogP contribution in [0.3, 0.4) is 0 Å². The minimum absolute atomic E-state index is 0.0152. The summed E-state index contributed by atoms with van der Waals surface area (Å²) in [6.45, 7) is 10.7. The summed E-state index contributed by atoms with van der Waals surface area (Å²) in [6.07, 6.45) is 17.0. The van der Waals surface area contributed by atoms with Gasteiger partial charge in [-0.05, 0) is 62.6 Å². The van der Waals surface area contributed by atoms with E-state index in [1.165, 1.54) is 9.47 Å². The molecule has 202 valence electrons. The number of aromatic nitrogens is 1. The molecular formula is C31H33N4O4-. The number of carbonyl (C=O) groups is 2. The molecule has 2 aliphatic carbocycles. The first-order valence-electron chi connectivity index (χ1n) is 13.7. The maximum absolute atomic E-state index is 13.3. The fourth-order valence-electron chi connectivity index (χ4n) is 5.95. The van der Waals surface area contributed by atoms with Crippen molar-refractivity contribution in [2.24, 2.45) is 0 Å². The summed E-state index contributed by atoms with van der Waals surface area (Å²) in [4.78, 5) is 44.2. The lowest BCUT2D eigenvalue weighted by atomic mass is 9.89. The highest BCUT2D eigenvalue weighted by Gasteiger charge is 2.39. The number of imide groups is 1. The van der Waals surface area contributed by atoms with E-state index in [4.69, 9.17) is 6.57 Å². The minimum atomic E-state index is -0.518. The van der Waals surface area contributed by atoms with E-state index < -0.39 is 17.7 Å². The van der Waals surface area contributed by atoms with Crippen LogP contribution in [0.4, 0.5) is 5.69 Å². The Morgan fingerprint density at radius 3 is 2.13 bits per heavy atom. The molecule has 2 heterocycles. The number of carbonyl (C=O) groups excluding carboxylic acids is 2. The van der Waals surface area contributed by atoms with E-state index in [1.807, 2.05) is 6.07 Å². The number of rotatable bonds is 5. The van der Waals surface area contributed by atoms with Crippen molar-refractivity contribution in [2.75, 3.05) is 0 Å². The highest BCUT2D eigenvalue weighted by molar-refractivity contribution is 6.18. The quantitative estimate of drug-likeness (QED) is 0.223. The van der Waals surface area contributed by atoms with Crippen LogP contribution in [-0.4, -0.2) is 27.3 Å². The van der Waals surface area contributed by atoms with Gasteiger partial charge >= 0.3 is 0 Å². The van der Waals surface area contributed by atoms with Gasteiger partial charge in [-0.2, -0.15) is 5.26 Å². The van der Waals surface area contributed by atoms with Crippen molar-refractivity contribution >= 4 is 23.6 Å². The summed E-state index contributed by atoms with van der Waals surface area (Å²) in [7, 11) is 0. The van der Waals surface area contributed by atoms with Crippen molar-refractivity contribution in [3.63, 3.8) is 0 Å². The molecule has 2 fully saturated rings. The molecule has 0 saturated heterocycles. The SMILES string of the molecule is [C-]#[N+]c1c(C)c(C=CC=C/C=C2\C(=O)N(C3CCCCC3)C(=O)C(C#N)=C2C)c(=O)n(C2CCCCC2)c1[O-]. The lowest BCUT2D eigenvalue weighted by molar-refractivity contribution is -0.279. The van der Waals surface area contributed by atoms with Crippen molar-refractivity contribution < 1.29 is 14.7 Å². The van der Waals surface area contributed by atoms with E-state index >= 15 is 0 Å². The van der Waals surface area contributed by atoms with Gasteiger partial charge in [0.1, 0.15) is 11.6 Å². The van der Waals surface area contributed by atoms with Gasteiger partial charge in [0.15, 0.2) is 5.69 Å². The largest absolute Gasteiger partial charge is 0.869 e. The van der Waals surface area contributed by atoms with Crippen LogP contribution in [0.25, 0.3) is 10.9 Å². The molecule has 0 atom stereocenters. The number of hydrogen-bond acceptors (Lipinski definition) is 5. The van der Waals surface area contributed by atoms with Crippen molar-refractivity contribution in [1.29, 1.82) is 5.26 Å². The van der Waals surface area contributed by atoms with Crippen molar-refractivity contribution in [1.82, 2.24) is 9.47 Å². The Kier molecular flexibility index (Phi) is 8.66. The normalized spacial score (nSPS) is 20.8. The van der Waals surface area contributed by atoms with E-state index in [1.54, 1.807) is 44.2 Å². The van der Waals surface area contributed by atoms with Crippen LogP contribution in [0.2, 0.25) is 0 Å². The predicted octanol–water partition coefficient (Wildman–Crippen LogP) is 5.32. The summed E-state index contributed by atoms with van der Waals surface area (Å²) in [6, 6.07) is 1.59. The highest BCUT2D eigenvalue weighted by atomic mass is 16.3. The van der Waals surface area contributed by atoms with Gasteiger partial charge in [0, 0.05) is 23.2 Å². The molecule has 0 bridgehead atoms. The molecule has 0 aromatic carbocycles. The molecule has 0 radical (unpaired) electrons. The fraction of sp³-hybridized carbons (Fsp3) is 0.452. The molecule has 8 nitrogen and oxygen atoms in total. The smallest absolute Gasteiger partial charge is 0.271 e. The summed E-state index contributed by atoms with van der Waals surface area (Å²) < 4.78 is 1.26. The van der Waals surface area contributed by atoms with E-state index in [-0.39, 0.29) is 28.9 Å².